The van der Waals surface area contributed by atoms with Gasteiger partial charge in [-0.3, -0.25) is 0 Å². The molecule has 0 aliphatic carbocycles. The molecular weight excluding hydrogens is 174 g/mol. The first-order valence-electron chi connectivity index (χ1n) is 3.48. The standard InChI is InChI=1S/C8H6ClN3/c9-8-3-2-7(6-10-8)12-5-1-4-11-12/h1-6H. The van der Waals surface area contributed by atoms with Gasteiger partial charge in [-0.2, -0.15) is 5.10 Å². The first kappa shape index (κ1) is 7.31. The van der Waals surface area contributed by atoms with E-state index in [0.717, 1.165) is 5.69 Å². The Morgan fingerprint density at radius 1 is 1.33 bits per heavy atom. The zero-order valence-corrected chi connectivity index (χ0v) is 6.94. The molecule has 0 aliphatic rings. The van der Waals surface area contributed by atoms with Gasteiger partial charge in [-0.05, 0) is 18.2 Å². The third-order valence-corrected chi connectivity index (χ3v) is 1.70. The summed E-state index contributed by atoms with van der Waals surface area (Å²) in [6.45, 7) is 0. The molecular formula is C8H6ClN3. The second-order valence-corrected chi connectivity index (χ2v) is 2.68. The number of pyridine rings is 1. The van der Waals surface area contributed by atoms with Gasteiger partial charge in [0.15, 0.2) is 0 Å². The molecule has 0 saturated carbocycles. The van der Waals surface area contributed by atoms with Crippen molar-refractivity contribution in [3.05, 3.63) is 41.9 Å². The van der Waals surface area contributed by atoms with Crippen LogP contribution in [0.2, 0.25) is 5.15 Å². The largest absolute Gasteiger partial charge is 0.242 e. The van der Waals surface area contributed by atoms with E-state index in [-0.39, 0.29) is 0 Å². The van der Waals surface area contributed by atoms with Gasteiger partial charge < -0.3 is 0 Å². The predicted molar refractivity (Wildman–Crippen MR) is 46.4 cm³/mol. The van der Waals surface area contributed by atoms with E-state index in [4.69, 9.17) is 11.6 Å². The van der Waals surface area contributed by atoms with Crippen molar-refractivity contribution in [3.8, 4) is 5.69 Å². The lowest BCUT2D eigenvalue weighted by atomic mass is 10.4. The second-order valence-electron chi connectivity index (χ2n) is 2.29. The van der Waals surface area contributed by atoms with Gasteiger partial charge >= 0.3 is 0 Å². The quantitative estimate of drug-likeness (QED) is 0.627. The molecule has 0 N–H and O–H groups in total. The lowest BCUT2D eigenvalue weighted by molar-refractivity contribution is 0.874. The molecule has 60 valence electrons. The summed E-state index contributed by atoms with van der Waals surface area (Å²) in [6, 6.07) is 5.45. The van der Waals surface area contributed by atoms with Gasteiger partial charge in [0.25, 0.3) is 0 Å². The molecule has 2 heterocycles. The molecule has 0 amide bonds. The van der Waals surface area contributed by atoms with Gasteiger partial charge in [0.05, 0.1) is 11.9 Å². The Labute approximate surface area is 74.6 Å². The summed E-state index contributed by atoms with van der Waals surface area (Å²) < 4.78 is 1.73. The minimum atomic E-state index is 0.492. The van der Waals surface area contributed by atoms with Crippen LogP contribution in [0.3, 0.4) is 0 Å². The number of rotatable bonds is 1. The minimum absolute atomic E-state index is 0.492. The number of aromatic nitrogens is 3. The van der Waals surface area contributed by atoms with Crippen LogP contribution >= 0.6 is 11.6 Å². The van der Waals surface area contributed by atoms with Crippen LogP contribution in [0.15, 0.2) is 36.8 Å². The maximum absolute atomic E-state index is 5.63. The van der Waals surface area contributed by atoms with Crippen LogP contribution in [0.4, 0.5) is 0 Å². The van der Waals surface area contributed by atoms with Crippen molar-refractivity contribution in [2.45, 2.75) is 0 Å². The first-order chi connectivity index (χ1) is 5.86. The second kappa shape index (κ2) is 2.95. The number of halogens is 1. The average molecular weight is 180 g/mol. The Bertz CT molecular complexity index is 352. The monoisotopic (exact) mass is 179 g/mol. The minimum Gasteiger partial charge on any atom is -0.242 e. The smallest absolute Gasteiger partial charge is 0.129 e. The fourth-order valence-corrected chi connectivity index (χ4v) is 1.04. The van der Waals surface area contributed by atoms with Crippen LogP contribution in [-0.4, -0.2) is 14.8 Å². The molecule has 4 heteroatoms. The highest BCUT2D eigenvalue weighted by atomic mass is 35.5. The highest BCUT2D eigenvalue weighted by Crippen LogP contribution is 2.08. The van der Waals surface area contributed by atoms with E-state index < -0.39 is 0 Å². The Morgan fingerprint density at radius 2 is 2.25 bits per heavy atom. The van der Waals surface area contributed by atoms with Gasteiger partial charge in [0.1, 0.15) is 5.15 Å². The normalized spacial score (nSPS) is 10.1. The third kappa shape index (κ3) is 1.31. The summed E-state index contributed by atoms with van der Waals surface area (Å²) in [5.74, 6) is 0. The molecule has 0 unspecified atom stereocenters. The van der Waals surface area contributed by atoms with Crippen molar-refractivity contribution in [3.63, 3.8) is 0 Å². The van der Waals surface area contributed by atoms with Crippen molar-refractivity contribution in [2.75, 3.05) is 0 Å². The molecule has 0 aromatic carbocycles. The summed E-state index contributed by atoms with van der Waals surface area (Å²) >= 11 is 5.63. The Morgan fingerprint density at radius 3 is 2.83 bits per heavy atom. The van der Waals surface area contributed by atoms with E-state index in [2.05, 4.69) is 10.1 Å². The number of hydrogen-bond acceptors (Lipinski definition) is 2. The number of hydrogen-bond donors (Lipinski definition) is 0. The van der Waals surface area contributed by atoms with Crippen molar-refractivity contribution < 1.29 is 0 Å². The lowest BCUT2D eigenvalue weighted by Crippen LogP contribution is -1.93. The molecule has 0 bridgehead atoms. The summed E-state index contributed by atoms with van der Waals surface area (Å²) in [5, 5.41) is 4.54. The van der Waals surface area contributed by atoms with Gasteiger partial charge in [-0.25, -0.2) is 9.67 Å². The van der Waals surface area contributed by atoms with E-state index in [0.29, 0.717) is 5.15 Å². The average Bonchev–Trinajstić information content (AvgIpc) is 2.58. The Hall–Kier alpha value is -1.35. The van der Waals surface area contributed by atoms with Crippen LogP contribution < -0.4 is 0 Å². The molecule has 2 rings (SSSR count). The van der Waals surface area contributed by atoms with Crippen molar-refractivity contribution in [2.24, 2.45) is 0 Å². The SMILES string of the molecule is Clc1ccc(-n2cccn2)cn1. The van der Waals surface area contributed by atoms with Crippen LogP contribution in [0.25, 0.3) is 5.69 Å². The first-order valence-corrected chi connectivity index (χ1v) is 3.85. The predicted octanol–water partition coefficient (Wildman–Crippen LogP) is 1.92. The zero-order chi connectivity index (χ0) is 8.39. The highest BCUT2D eigenvalue weighted by molar-refractivity contribution is 6.29. The van der Waals surface area contributed by atoms with Crippen molar-refractivity contribution in [1.82, 2.24) is 14.8 Å². The zero-order valence-electron chi connectivity index (χ0n) is 6.18. The van der Waals surface area contributed by atoms with Crippen LogP contribution in [-0.2, 0) is 0 Å². The highest BCUT2D eigenvalue weighted by Gasteiger charge is 1.94. The van der Waals surface area contributed by atoms with E-state index in [1.165, 1.54) is 0 Å². The summed E-state index contributed by atoms with van der Waals surface area (Å²) in [6.07, 6.45) is 5.24. The Balaban J connectivity index is 2.43. The molecule has 0 fully saturated rings. The van der Waals surface area contributed by atoms with Crippen LogP contribution in [0, 0.1) is 0 Å². The van der Waals surface area contributed by atoms with Crippen LogP contribution in [0.5, 0.6) is 0 Å². The molecule has 2 aromatic rings. The topological polar surface area (TPSA) is 30.7 Å². The lowest BCUT2D eigenvalue weighted by Gasteiger charge is -1.98. The molecule has 2 aromatic heterocycles. The molecule has 0 aliphatic heterocycles. The molecule has 12 heavy (non-hydrogen) atoms. The van der Waals surface area contributed by atoms with Crippen molar-refractivity contribution in [1.29, 1.82) is 0 Å². The van der Waals surface area contributed by atoms with Crippen LogP contribution in [0.1, 0.15) is 0 Å². The van der Waals surface area contributed by atoms with E-state index >= 15 is 0 Å². The summed E-state index contributed by atoms with van der Waals surface area (Å²) in [7, 11) is 0. The fraction of sp³-hybridized carbons (Fsp3) is 0. The number of nitrogens with zero attached hydrogens (tertiary/aromatic N) is 3. The van der Waals surface area contributed by atoms with Gasteiger partial charge in [-0.1, -0.05) is 11.6 Å². The maximum Gasteiger partial charge on any atom is 0.129 e. The summed E-state index contributed by atoms with van der Waals surface area (Å²) in [4.78, 5) is 3.94. The third-order valence-electron chi connectivity index (χ3n) is 1.48. The molecule has 3 nitrogen and oxygen atoms in total. The fourth-order valence-electron chi connectivity index (χ4n) is 0.925. The summed E-state index contributed by atoms with van der Waals surface area (Å²) in [5.41, 5.74) is 0.907. The van der Waals surface area contributed by atoms with E-state index in [1.54, 1.807) is 23.1 Å². The maximum atomic E-state index is 5.63. The molecule has 0 radical (unpaired) electrons. The molecule has 0 spiro atoms. The van der Waals surface area contributed by atoms with Crippen molar-refractivity contribution >= 4 is 11.6 Å². The Kier molecular flexibility index (Phi) is 1.80. The van der Waals surface area contributed by atoms with Gasteiger partial charge in [0, 0.05) is 12.4 Å². The van der Waals surface area contributed by atoms with Gasteiger partial charge in [0.2, 0.25) is 0 Å². The molecule has 0 atom stereocenters. The van der Waals surface area contributed by atoms with E-state index in [9.17, 15) is 0 Å². The van der Waals surface area contributed by atoms with Gasteiger partial charge in [-0.15, -0.1) is 0 Å². The molecule has 0 saturated heterocycles. The van der Waals surface area contributed by atoms with E-state index in [1.807, 2.05) is 18.3 Å².